The van der Waals surface area contributed by atoms with Crippen LogP contribution in [0.3, 0.4) is 0 Å². The Morgan fingerprint density at radius 2 is 1.73 bits per heavy atom. The molecule has 0 aliphatic carbocycles. The monoisotopic (exact) mass is 384 g/mol. The Bertz CT molecular complexity index is 717. The normalized spacial score (nSPS) is 21.8. The van der Waals surface area contributed by atoms with Gasteiger partial charge in [0.05, 0.1) is 13.3 Å². The topological polar surface area (TPSA) is 84.7 Å². The van der Waals surface area contributed by atoms with E-state index in [2.05, 4.69) is 5.10 Å². The predicted molar refractivity (Wildman–Crippen MR) is 96.6 cm³/mol. The highest BCUT2D eigenvalue weighted by Gasteiger charge is 2.35. The fourth-order valence-electron chi connectivity index (χ4n) is 3.90. The smallest absolute Gasteiger partial charge is 0.305 e. The lowest BCUT2D eigenvalue weighted by molar-refractivity contribution is -0.142. The van der Waals surface area contributed by atoms with Gasteiger partial charge in [0, 0.05) is 45.8 Å². The number of ether oxygens (including phenoxy) is 1. The third-order valence-corrected chi connectivity index (χ3v) is 7.59. The van der Waals surface area contributed by atoms with Crippen molar-refractivity contribution < 1.29 is 17.9 Å². The molecule has 3 rings (SSSR count). The van der Waals surface area contributed by atoms with Crippen LogP contribution >= 0.6 is 0 Å². The van der Waals surface area contributed by atoms with E-state index in [-0.39, 0.29) is 11.9 Å². The Morgan fingerprint density at radius 3 is 2.23 bits per heavy atom. The van der Waals surface area contributed by atoms with Crippen LogP contribution in [-0.2, 0) is 26.8 Å². The molecule has 146 valence electrons. The molecule has 3 heterocycles. The highest BCUT2D eigenvalue weighted by molar-refractivity contribution is 7.86. The molecule has 2 aliphatic rings. The van der Waals surface area contributed by atoms with E-state index in [0.29, 0.717) is 51.4 Å². The summed E-state index contributed by atoms with van der Waals surface area (Å²) in [5.74, 6) is 0.370. The van der Waals surface area contributed by atoms with E-state index >= 15 is 0 Å². The zero-order valence-electron chi connectivity index (χ0n) is 15.5. The molecule has 0 unspecified atom stereocenters. The van der Waals surface area contributed by atoms with Crippen molar-refractivity contribution in [1.82, 2.24) is 18.4 Å². The minimum Gasteiger partial charge on any atom is -0.469 e. The third-order valence-electron chi connectivity index (χ3n) is 5.56. The minimum atomic E-state index is -3.41. The van der Waals surface area contributed by atoms with Gasteiger partial charge in [-0.2, -0.15) is 22.1 Å². The Hall–Kier alpha value is -1.45. The van der Waals surface area contributed by atoms with Gasteiger partial charge in [0.25, 0.3) is 10.2 Å². The Labute approximate surface area is 155 Å². The number of piperidine rings is 2. The molecule has 2 saturated heterocycles. The first kappa shape index (κ1) is 19.3. The molecule has 8 nitrogen and oxygen atoms in total. The molecule has 1 aromatic rings. The van der Waals surface area contributed by atoms with Crippen LogP contribution < -0.4 is 0 Å². The fraction of sp³-hybridized carbons (Fsp3) is 0.765. The quantitative estimate of drug-likeness (QED) is 0.710. The summed E-state index contributed by atoms with van der Waals surface area (Å²) < 4.78 is 35.5. The van der Waals surface area contributed by atoms with E-state index in [4.69, 9.17) is 4.74 Å². The van der Waals surface area contributed by atoms with Crippen molar-refractivity contribution in [2.45, 2.75) is 38.0 Å². The van der Waals surface area contributed by atoms with Gasteiger partial charge in [-0.05, 0) is 43.1 Å². The molecule has 0 amide bonds. The van der Waals surface area contributed by atoms with Gasteiger partial charge >= 0.3 is 5.97 Å². The SMILES string of the molecule is COC(=O)CC1CCN(S(=O)(=O)N2CCC(c3cnn(C)c3)CC2)CC1. The summed E-state index contributed by atoms with van der Waals surface area (Å²) in [5, 5.41) is 4.21. The molecule has 1 aromatic heterocycles. The summed E-state index contributed by atoms with van der Waals surface area (Å²) in [7, 11) is -0.132. The number of hydrogen-bond acceptors (Lipinski definition) is 5. The fourth-order valence-corrected chi connectivity index (χ4v) is 5.57. The average Bonchev–Trinajstić information content (AvgIpc) is 3.08. The lowest BCUT2D eigenvalue weighted by Crippen LogP contribution is -2.49. The van der Waals surface area contributed by atoms with Gasteiger partial charge in [-0.15, -0.1) is 0 Å². The van der Waals surface area contributed by atoms with Crippen LogP contribution in [0.15, 0.2) is 12.4 Å². The predicted octanol–water partition coefficient (Wildman–Crippen LogP) is 1.12. The first-order valence-corrected chi connectivity index (χ1v) is 10.6. The molecule has 0 aromatic carbocycles. The highest BCUT2D eigenvalue weighted by atomic mass is 32.2. The largest absolute Gasteiger partial charge is 0.469 e. The second-order valence-electron chi connectivity index (χ2n) is 7.25. The van der Waals surface area contributed by atoms with Gasteiger partial charge in [0.2, 0.25) is 0 Å². The summed E-state index contributed by atoms with van der Waals surface area (Å²) in [6.07, 6.45) is 7.33. The first-order valence-electron chi connectivity index (χ1n) is 9.20. The molecule has 0 bridgehead atoms. The molecule has 0 radical (unpaired) electrons. The van der Waals surface area contributed by atoms with Crippen LogP contribution in [0, 0.1) is 5.92 Å². The second kappa shape index (κ2) is 8.06. The van der Waals surface area contributed by atoms with Gasteiger partial charge in [-0.1, -0.05) is 0 Å². The number of carbonyl (C=O) groups is 1. The summed E-state index contributed by atoms with van der Waals surface area (Å²) in [6.45, 7) is 2.05. The molecule has 0 atom stereocenters. The van der Waals surface area contributed by atoms with E-state index in [1.807, 2.05) is 19.4 Å². The Kier molecular flexibility index (Phi) is 5.99. The number of aromatic nitrogens is 2. The maximum atomic E-state index is 12.9. The zero-order valence-corrected chi connectivity index (χ0v) is 16.3. The van der Waals surface area contributed by atoms with E-state index < -0.39 is 10.2 Å². The van der Waals surface area contributed by atoms with Crippen molar-refractivity contribution in [2.24, 2.45) is 13.0 Å². The van der Waals surface area contributed by atoms with Gasteiger partial charge in [0.1, 0.15) is 0 Å². The number of esters is 1. The van der Waals surface area contributed by atoms with Crippen molar-refractivity contribution in [2.75, 3.05) is 33.3 Å². The summed E-state index contributed by atoms with van der Waals surface area (Å²) >= 11 is 0. The van der Waals surface area contributed by atoms with Gasteiger partial charge in [-0.25, -0.2) is 0 Å². The van der Waals surface area contributed by atoms with Crippen molar-refractivity contribution in [3.63, 3.8) is 0 Å². The van der Waals surface area contributed by atoms with Crippen LogP contribution in [-0.4, -0.2) is 66.1 Å². The van der Waals surface area contributed by atoms with Crippen molar-refractivity contribution in [3.05, 3.63) is 18.0 Å². The van der Waals surface area contributed by atoms with Crippen molar-refractivity contribution >= 4 is 16.2 Å². The van der Waals surface area contributed by atoms with Gasteiger partial charge in [0.15, 0.2) is 0 Å². The molecule has 26 heavy (non-hydrogen) atoms. The number of aryl methyl sites for hydroxylation is 1. The Balaban J connectivity index is 1.52. The number of rotatable bonds is 5. The third kappa shape index (κ3) is 4.27. The van der Waals surface area contributed by atoms with Crippen LogP contribution in [0.2, 0.25) is 0 Å². The Morgan fingerprint density at radius 1 is 1.15 bits per heavy atom. The van der Waals surface area contributed by atoms with E-state index in [0.717, 1.165) is 12.8 Å². The number of hydrogen-bond donors (Lipinski definition) is 0. The van der Waals surface area contributed by atoms with Crippen molar-refractivity contribution in [1.29, 1.82) is 0 Å². The standard InChI is InChI=1S/C17H28N4O4S/c1-19-13-16(12-18-19)15-5-9-21(10-6-15)26(23,24)20-7-3-14(4-8-20)11-17(22)25-2/h12-15H,3-11H2,1-2H3. The summed E-state index contributed by atoms with van der Waals surface area (Å²) in [5.41, 5.74) is 1.19. The average molecular weight is 385 g/mol. The molecule has 2 fully saturated rings. The van der Waals surface area contributed by atoms with Crippen molar-refractivity contribution in [3.8, 4) is 0 Å². The molecular weight excluding hydrogens is 356 g/mol. The minimum absolute atomic E-state index is 0.213. The molecule has 2 aliphatic heterocycles. The zero-order chi connectivity index (χ0) is 18.7. The maximum Gasteiger partial charge on any atom is 0.305 e. The number of nitrogens with zero attached hydrogens (tertiary/aromatic N) is 4. The van der Waals surface area contributed by atoms with Crippen LogP contribution in [0.1, 0.15) is 43.6 Å². The molecule has 0 saturated carbocycles. The molecule has 0 N–H and O–H groups in total. The summed E-state index contributed by atoms with van der Waals surface area (Å²) in [6, 6.07) is 0. The van der Waals surface area contributed by atoms with Crippen LogP contribution in [0.5, 0.6) is 0 Å². The van der Waals surface area contributed by atoms with E-state index in [1.54, 1.807) is 13.3 Å². The van der Waals surface area contributed by atoms with Gasteiger partial charge < -0.3 is 4.74 Å². The molecular formula is C17H28N4O4S. The lowest BCUT2D eigenvalue weighted by atomic mass is 9.93. The molecule has 0 spiro atoms. The first-order chi connectivity index (χ1) is 12.4. The second-order valence-corrected chi connectivity index (χ2v) is 9.18. The number of methoxy groups -OCH3 is 1. The van der Waals surface area contributed by atoms with Crippen LogP contribution in [0.4, 0.5) is 0 Å². The van der Waals surface area contributed by atoms with E-state index in [1.165, 1.54) is 12.7 Å². The highest BCUT2D eigenvalue weighted by Crippen LogP contribution is 2.31. The molecule has 9 heteroatoms. The maximum absolute atomic E-state index is 12.9. The van der Waals surface area contributed by atoms with E-state index in [9.17, 15) is 13.2 Å². The van der Waals surface area contributed by atoms with Crippen LogP contribution in [0.25, 0.3) is 0 Å². The van der Waals surface area contributed by atoms with Gasteiger partial charge in [-0.3, -0.25) is 9.48 Å². The number of carbonyl (C=O) groups excluding carboxylic acids is 1. The lowest BCUT2D eigenvalue weighted by Gasteiger charge is -2.37. The summed E-state index contributed by atoms with van der Waals surface area (Å²) in [4.78, 5) is 11.4.